The Morgan fingerprint density at radius 1 is 1.08 bits per heavy atom. The molecule has 0 bridgehead atoms. The summed E-state index contributed by atoms with van der Waals surface area (Å²) in [5.74, 6) is 0.619. The minimum Gasteiger partial charge on any atom is -0.495 e. The molecule has 4 nitrogen and oxygen atoms in total. The molecular weight excluding hydrogens is 324 g/mol. The Kier molecular flexibility index (Phi) is 5.42. The number of nitrogens with zero attached hydrogens (tertiary/aromatic N) is 1. The van der Waals surface area contributed by atoms with E-state index in [-0.39, 0.29) is 11.9 Å². The molecular formula is C22H24N2O2. The van der Waals surface area contributed by atoms with E-state index in [9.17, 15) is 4.79 Å². The summed E-state index contributed by atoms with van der Waals surface area (Å²) in [6, 6.07) is 17.9. The Bertz CT molecular complexity index is 885. The highest BCUT2D eigenvalue weighted by atomic mass is 16.5. The van der Waals surface area contributed by atoms with Gasteiger partial charge in [-0.25, -0.2) is 0 Å². The summed E-state index contributed by atoms with van der Waals surface area (Å²) < 4.78 is 7.44. The molecule has 0 spiro atoms. The summed E-state index contributed by atoms with van der Waals surface area (Å²) in [4.78, 5) is 12.8. The number of benzene rings is 2. The van der Waals surface area contributed by atoms with Gasteiger partial charge in [0.15, 0.2) is 0 Å². The summed E-state index contributed by atoms with van der Waals surface area (Å²) in [6.07, 6.45) is 4.34. The zero-order chi connectivity index (χ0) is 18.5. The number of carbonyl (C=O) groups is 1. The van der Waals surface area contributed by atoms with Crippen LogP contribution in [0.3, 0.4) is 0 Å². The largest absolute Gasteiger partial charge is 0.495 e. The summed E-state index contributed by atoms with van der Waals surface area (Å²) in [5.41, 5.74) is 4.10. The van der Waals surface area contributed by atoms with Crippen LogP contribution in [0.15, 0.2) is 67.0 Å². The van der Waals surface area contributed by atoms with Gasteiger partial charge in [0.1, 0.15) is 5.75 Å². The SMILES string of the molecule is COc1ccc(C)cc1NC(=O)CC(c1ccccc1C)n1cccc1. The normalized spacial score (nSPS) is 11.8. The molecule has 3 aromatic rings. The molecule has 0 radical (unpaired) electrons. The van der Waals surface area contributed by atoms with Crippen LogP contribution in [-0.4, -0.2) is 17.6 Å². The van der Waals surface area contributed by atoms with Crippen LogP contribution in [0.2, 0.25) is 0 Å². The van der Waals surface area contributed by atoms with Crippen molar-refractivity contribution in [1.29, 1.82) is 0 Å². The van der Waals surface area contributed by atoms with E-state index in [4.69, 9.17) is 4.74 Å². The maximum atomic E-state index is 12.8. The lowest BCUT2D eigenvalue weighted by atomic mass is 9.98. The van der Waals surface area contributed by atoms with Gasteiger partial charge in [-0.05, 0) is 54.8 Å². The molecule has 0 saturated carbocycles. The molecule has 4 heteroatoms. The van der Waals surface area contributed by atoms with Crippen LogP contribution in [0, 0.1) is 13.8 Å². The van der Waals surface area contributed by atoms with Crippen molar-refractivity contribution in [2.45, 2.75) is 26.3 Å². The minimum atomic E-state index is -0.0537. The highest BCUT2D eigenvalue weighted by molar-refractivity contribution is 5.93. The molecule has 0 aliphatic rings. The van der Waals surface area contributed by atoms with Crippen molar-refractivity contribution in [3.05, 3.63) is 83.7 Å². The molecule has 26 heavy (non-hydrogen) atoms. The van der Waals surface area contributed by atoms with Gasteiger partial charge < -0.3 is 14.6 Å². The summed E-state index contributed by atoms with van der Waals surface area (Å²) in [7, 11) is 1.61. The van der Waals surface area contributed by atoms with Crippen LogP contribution in [0.4, 0.5) is 5.69 Å². The van der Waals surface area contributed by atoms with Crippen molar-refractivity contribution in [3.8, 4) is 5.75 Å². The molecule has 1 N–H and O–H groups in total. The lowest BCUT2D eigenvalue weighted by molar-refractivity contribution is -0.116. The molecule has 2 aromatic carbocycles. The quantitative estimate of drug-likeness (QED) is 0.700. The summed E-state index contributed by atoms with van der Waals surface area (Å²) in [6.45, 7) is 4.07. The van der Waals surface area contributed by atoms with Gasteiger partial charge in [0.25, 0.3) is 0 Å². The number of amides is 1. The zero-order valence-electron chi connectivity index (χ0n) is 15.4. The van der Waals surface area contributed by atoms with Crippen molar-refractivity contribution < 1.29 is 9.53 Å². The number of nitrogens with one attached hydrogen (secondary N) is 1. The zero-order valence-corrected chi connectivity index (χ0v) is 15.4. The molecule has 0 saturated heterocycles. The van der Waals surface area contributed by atoms with Gasteiger partial charge in [-0.15, -0.1) is 0 Å². The Hall–Kier alpha value is -3.01. The highest BCUT2D eigenvalue weighted by Crippen LogP contribution is 2.28. The van der Waals surface area contributed by atoms with Gasteiger partial charge in [0, 0.05) is 12.4 Å². The van der Waals surface area contributed by atoms with E-state index >= 15 is 0 Å². The van der Waals surface area contributed by atoms with Crippen LogP contribution in [0.1, 0.15) is 29.2 Å². The second-order valence-corrected chi connectivity index (χ2v) is 6.46. The van der Waals surface area contributed by atoms with Crippen molar-refractivity contribution in [3.63, 3.8) is 0 Å². The molecule has 0 aliphatic heterocycles. The van der Waals surface area contributed by atoms with Gasteiger partial charge in [-0.3, -0.25) is 4.79 Å². The number of anilines is 1. The van der Waals surface area contributed by atoms with Crippen LogP contribution >= 0.6 is 0 Å². The summed E-state index contributed by atoms with van der Waals surface area (Å²) >= 11 is 0. The standard InChI is InChI=1S/C22H24N2O2/c1-16-10-11-21(26-3)19(14-16)23-22(25)15-20(24-12-6-7-13-24)18-9-5-4-8-17(18)2/h4-14,20H,15H2,1-3H3,(H,23,25). The smallest absolute Gasteiger partial charge is 0.226 e. The van der Waals surface area contributed by atoms with Crippen molar-refractivity contribution in [1.82, 2.24) is 4.57 Å². The Labute approximate surface area is 154 Å². The lowest BCUT2D eigenvalue weighted by Gasteiger charge is -2.21. The molecule has 1 amide bonds. The van der Waals surface area contributed by atoms with Gasteiger partial charge in [-0.2, -0.15) is 0 Å². The first-order chi connectivity index (χ1) is 12.6. The average molecular weight is 348 g/mol. The number of hydrogen-bond acceptors (Lipinski definition) is 2. The molecule has 1 aromatic heterocycles. The minimum absolute atomic E-state index is 0.0455. The molecule has 134 valence electrons. The predicted molar refractivity (Wildman–Crippen MR) is 105 cm³/mol. The lowest BCUT2D eigenvalue weighted by Crippen LogP contribution is -2.20. The number of hydrogen-bond donors (Lipinski definition) is 1. The van der Waals surface area contributed by atoms with Crippen molar-refractivity contribution in [2.75, 3.05) is 12.4 Å². The molecule has 1 unspecified atom stereocenters. The predicted octanol–water partition coefficient (Wildman–Crippen LogP) is 4.73. The van der Waals surface area contributed by atoms with Crippen LogP contribution < -0.4 is 10.1 Å². The fourth-order valence-electron chi connectivity index (χ4n) is 3.19. The molecule has 1 atom stereocenters. The Balaban J connectivity index is 1.85. The average Bonchev–Trinajstić information content (AvgIpc) is 3.15. The molecule has 0 fully saturated rings. The number of rotatable bonds is 6. The summed E-state index contributed by atoms with van der Waals surface area (Å²) in [5, 5.41) is 3.01. The number of ether oxygens (including phenoxy) is 1. The van der Waals surface area contributed by atoms with Gasteiger partial charge in [0.2, 0.25) is 5.91 Å². The first-order valence-corrected chi connectivity index (χ1v) is 8.71. The van der Waals surface area contributed by atoms with Crippen molar-refractivity contribution in [2.24, 2.45) is 0 Å². The second kappa shape index (κ2) is 7.91. The maximum absolute atomic E-state index is 12.8. The van der Waals surface area contributed by atoms with Gasteiger partial charge >= 0.3 is 0 Å². The first-order valence-electron chi connectivity index (χ1n) is 8.71. The van der Waals surface area contributed by atoms with E-state index in [1.54, 1.807) is 7.11 Å². The van der Waals surface area contributed by atoms with Crippen LogP contribution in [0.5, 0.6) is 5.75 Å². The molecule has 1 heterocycles. The Morgan fingerprint density at radius 2 is 1.81 bits per heavy atom. The van der Waals surface area contributed by atoms with E-state index in [2.05, 4.69) is 28.9 Å². The third-order valence-corrected chi connectivity index (χ3v) is 4.54. The maximum Gasteiger partial charge on any atom is 0.226 e. The number of carbonyl (C=O) groups excluding carboxylic acids is 1. The van der Waals surface area contributed by atoms with Crippen LogP contribution in [0.25, 0.3) is 0 Å². The fourth-order valence-corrected chi connectivity index (χ4v) is 3.19. The van der Waals surface area contributed by atoms with E-state index in [0.29, 0.717) is 17.9 Å². The van der Waals surface area contributed by atoms with E-state index in [1.165, 1.54) is 5.56 Å². The van der Waals surface area contributed by atoms with E-state index in [0.717, 1.165) is 11.1 Å². The molecule has 3 rings (SSSR count). The number of aromatic nitrogens is 1. The monoisotopic (exact) mass is 348 g/mol. The third-order valence-electron chi connectivity index (χ3n) is 4.54. The first kappa shape index (κ1) is 17.8. The van der Waals surface area contributed by atoms with E-state index < -0.39 is 0 Å². The fraction of sp³-hybridized carbons (Fsp3) is 0.227. The van der Waals surface area contributed by atoms with Gasteiger partial charge in [-0.1, -0.05) is 30.3 Å². The topological polar surface area (TPSA) is 43.3 Å². The van der Waals surface area contributed by atoms with Crippen LogP contribution in [-0.2, 0) is 4.79 Å². The number of methoxy groups -OCH3 is 1. The van der Waals surface area contributed by atoms with Gasteiger partial charge in [0.05, 0.1) is 25.3 Å². The third kappa shape index (κ3) is 3.97. The highest BCUT2D eigenvalue weighted by Gasteiger charge is 2.19. The van der Waals surface area contributed by atoms with Crippen molar-refractivity contribution >= 4 is 11.6 Å². The number of aryl methyl sites for hydroxylation is 2. The molecule has 0 aliphatic carbocycles. The van der Waals surface area contributed by atoms with E-state index in [1.807, 2.05) is 61.8 Å². The second-order valence-electron chi connectivity index (χ2n) is 6.46. The Morgan fingerprint density at radius 3 is 2.50 bits per heavy atom.